The average Bonchev–Trinajstić information content (AvgIpc) is 3.71. The van der Waals surface area contributed by atoms with Gasteiger partial charge < -0.3 is 13.7 Å². The highest BCUT2D eigenvalue weighted by Gasteiger charge is 2.19. The fourth-order valence-corrected chi connectivity index (χ4v) is 7.28. The van der Waals surface area contributed by atoms with E-state index < -0.39 is 0 Å². The molecule has 0 N–H and O–H groups in total. The fourth-order valence-electron chi connectivity index (χ4n) is 7.28. The maximum Gasteiger partial charge on any atom is 0.147 e. The van der Waals surface area contributed by atoms with Gasteiger partial charge in [-0.05, 0) is 93.3 Å². The molecule has 0 aliphatic heterocycles. The third kappa shape index (κ3) is 4.00. The average molecular weight is 602 g/mol. The number of hydrogen-bond donors (Lipinski definition) is 0. The van der Waals surface area contributed by atoms with Crippen LogP contribution in [0.3, 0.4) is 0 Å². The van der Waals surface area contributed by atoms with Crippen molar-refractivity contribution in [3.63, 3.8) is 0 Å². The Kier molecular flexibility index (Phi) is 5.57. The topological polar surface area (TPSA) is 29.5 Å². The number of para-hydroxylation sites is 2. The summed E-state index contributed by atoms with van der Waals surface area (Å²) < 4.78 is 12.8. The van der Waals surface area contributed by atoms with E-state index in [2.05, 4.69) is 150 Å². The van der Waals surface area contributed by atoms with E-state index in [1.54, 1.807) is 0 Å². The van der Waals surface area contributed by atoms with Crippen molar-refractivity contribution in [1.82, 2.24) is 0 Å². The molecule has 0 saturated heterocycles. The molecule has 0 unspecified atom stereocenters. The quantitative estimate of drug-likeness (QED) is 0.188. The monoisotopic (exact) mass is 601 g/mol. The van der Waals surface area contributed by atoms with Gasteiger partial charge in [0.25, 0.3) is 0 Å². The van der Waals surface area contributed by atoms with Crippen molar-refractivity contribution in [2.45, 2.75) is 0 Å². The van der Waals surface area contributed by atoms with E-state index in [0.717, 1.165) is 72.1 Å². The van der Waals surface area contributed by atoms with Crippen LogP contribution in [0, 0.1) is 0 Å². The predicted octanol–water partition coefficient (Wildman–Crippen LogP) is 12.9. The Bertz CT molecular complexity index is 2790. The molecular formula is C44H27NO2. The first kappa shape index (κ1) is 26.0. The van der Waals surface area contributed by atoms with Crippen molar-refractivity contribution in [3.8, 4) is 11.1 Å². The molecule has 3 nitrogen and oxygen atoms in total. The summed E-state index contributed by atoms with van der Waals surface area (Å²) in [6, 6.07) is 57.9. The van der Waals surface area contributed by atoms with Crippen molar-refractivity contribution in [2.75, 3.05) is 4.90 Å². The molecule has 0 amide bonds. The number of benzene rings is 8. The Morgan fingerprint density at radius 1 is 0.362 bits per heavy atom. The molecule has 2 aromatic heterocycles. The van der Waals surface area contributed by atoms with Gasteiger partial charge in [-0.3, -0.25) is 0 Å². The minimum Gasteiger partial charge on any atom is -0.456 e. The molecule has 47 heavy (non-hydrogen) atoms. The second-order valence-corrected chi connectivity index (χ2v) is 12.1. The Morgan fingerprint density at radius 3 is 1.91 bits per heavy atom. The molecule has 0 aliphatic rings. The molecule has 0 spiro atoms. The van der Waals surface area contributed by atoms with Crippen molar-refractivity contribution < 1.29 is 8.83 Å². The summed E-state index contributed by atoms with van der Waals surface area (Å²) in [5, 5.41) is 9.30. The van der Waals surface area contributed by atoms with Crippen molar-refractivity contribution in [2.24, 2.45) is 0 Å². The van der Waals surface area contributed by atoms with Crippen molar-refractivity contribution in [1.29, 1.82) is 0 Å². The Labute approximate surface area is 270 Å². The molecule has 0 aliphatic carbocycles. The molecule has 0 fully saturated rings. The van der Waals surface area contributed by atoms with E-state index in [1.807, 2.05) is 18.2 Å². The molecular weight excluding hydrogens is 574 g/mol. The normalized spacial score (nSPS) is 11.8. The predicted molar refractivity (Wildman–Crippen MR) is 196 cm³/mol. The van der Waals surface area contributed by atoms with Gasteiger partial charge in [-0.2, -0.15) is 0 Å². The van der Waals surface area contributed by atoms with Crippen LogP contribution in [0.15, 0.2) is 173 Å². The third-order valence-corrected chi connectivity index (χ3v) is 9.44. The molecule has 0 radical (unpaired) electrons. The molecule has 3 heteroatoms. The number of anilines is 3. The number of nitrogens with zero attached hydrogens (tertiary/aromatic N) is 1. The zero-order chi connectivity index (χ0) is 30.9. The smallest absolute Gasteiger partial charge is 0.147 e. The Hall–Kier alpha value is -6.32. The van der Waals surface area contributed by atoms with Gasteiger partial charge in [-0.25, -0.2) is 0 Å². The zero-order valence-corrected chi connectivity index (χ0v) is 25.4. The van der Waals surface area contributed by atoms with Crippen LogP contribution < -0.4 is 4.90 Å². The minimum atomic E-state index is 0.829. The van der Waals surface area contributed by atoms with E-state index in [4.69, 9.17) is 8.83 Å². The molecule has 0 atom stereocenters. The first-order valence-corrected chi connectivity index (χ1v) is 15.9. The van der Waals surface area contributed by atoms with Gasteiger partial charge in [-0.15, -0.1) is 0 Å². The van der Waals surface area contributed by atoms with Crippen LogP contribution in [-0.4, -0.2) is 0 Å². The number of furan rings is 2. The minimum absolute atomic E-state index is 0.829. The van der Waals surface area contributed by atoms with Crippen LogP contribution >= 0.6 is 0 Å². The lowest BCUT2D eigenvalue weighted by atomic mass is 9.98. The van der Waals surface area contributed by atoms with Gasteiger partial charge in [0.1, 0.15) is 22.3 Å². The molecule has 2 heterocycles. The van der Waals surface area contributed by atoms with Crippen LogP contribution in [0.1, 0.15) is 0 Å². The third-order valence-electron chi connectivity index (χ3n) is 9.44. The lowest BCUT2D eigenvalue weighted by Crippen LogP contribution is -2.09. The SMILES string of the molecule is c1ccc(N(c2ccc(-c3cccc4oc5ccc6c7ccccc7oc6c5c34)cc2)c2ccc3c(ccc4ccccc43)c2)cc1. The summed E-state index contributed by atoms with van der Waals surface area (Å²) in [4.78, 5) is 2.32. The van der Waals surface area contributed by atoms with Crippen LogP contribution in [0.5, 0.6) is 0 Å². The van der Waals surface area contributed by atoms with Crippen LogP contribution in [-0.2, 0) is 0 Å². The van der Waals surface area contributed by atoms with E-state index in [1.165, 1.54) is 21.5 Å². The lowest BCUT2D eigenvalue weighted by molar-refractivity contribution is 0.663. The largest absolute Gasteiger partial charge is 0.456 e. The van der Waals surface area contributed by atoms with Crippen LogP contribution in [0.2, 0.25) is 0 Å². The van der Waals surface area contributed by atoms with E-state index in [-0.39, 0.29) is 0 Å². The maximum atomic E-state index is 6.46. The standard InChI is InChI=1S/C44H27NO2/c1-2-10-31(11-3-1)45(33-23-24-35-30(27-33)18-17-28-9-4-5-12-34(28)35)32-21-19-29(20-22-32)36-14-8-16-40-42(36)43-41(46-40)26-25-38-37-13-6-7-15-39(37)47-44(38)43/h1-27H. The van der Waals surface area contributed by atoms with Gasteiger partial charge in [-0.1, -0.05) is 103 Å². The molecule has 0 bridgehead atoms. The highest BCUT2D eigenvalue weighted by Crippen LogP contribution is 2.44. The summed E-state index contributed by atoms with van der Waals surface area (Å²) in [6.07, 6.45) is 0. The first-order chi connectivity index (χ1) is 23.3. The fraction of sp³-hybridized carbons (Fsp3) is 0. The molecule has 10 rings (SSSR count). The molecule has 220 valence electrons. The van der Waals surface area contributed by atoms with Gasteiger partial charge in [0.15, 0.2) is 0 Å². The second kappa shape index (κ2) is 10.1. The van der Waals surface area contributed by atoms with Crippen molar-refractivity contribution >= 4 is 82.5 Å². The maximum absolute atomic E-state index is 6.46. The molecule has 8 aromatic carbocycles. The van der Waals surface area contributed by atoms with Gasteiger partial charge >= 0.3 is 0 Å². The van der Waals surface area contributed by atoms with Crippen LogP contribution in [0.4, 0.5) is 17.1 Å². The Morgan fingerprint density at radius 2 is 1.02 bits per heavy atom. The van der Waals surface area contributed by atoms with E-state index in [9.17, 15) is 0 Å². The van der Waals surface area contributed by atoms with E-state index in [0.29, 0.717) is 0 Å². The van der Waals surface area contributed by atoms with Gasteiger partial charge in [0, 0.05) is 33.2 Å². The number of hydrogen-bond acceptors (Lipinski definition) is 3. The summed E-state index contributed by atoms with van der Waals surface area (Å²) in [5.41, 5.74) is 8.97. The molecule has 0 saturated carbocycles. The first-order valence-electron chi connectivity index (χ1n) is 15.9. The van der Waals surface area contributed by atoms with Crippen molar-refractivity contribution in [3.05, 3.63) is 164 Å². The molecule has 10 aromatic rings. The second-order valence-electron chi connectivity index (χ2n) is 12.1. The van der Waals surface area contributed by atoms with Gasteiger partial charge in [0.05, 0.1) is 5.39 Å². The number of fused-ring (bicyclic) bond motifs is 10. The highest BCUT2D eigenvalue weighted by molar-refractivity contribution is 6.24. The Balaban J connectivity index is 1.13. The summed E-state index contributed by atoms with van der Waals surface area (Å²) in [5.74, 6) is 0. The zero-order valence-electron chi connectivity index (χ0n) is 25.4. The number of rotatable bonds is 4. The summed E-state index contributed by atoms with van der Waals surface area (Å²) in [6.45, 7) is 0. The van der Waals surface area contributed by atoms with Crippen LogP contribution in [0.25, 0.3) is 76.5 Å². The highest BCUT2D eigenvalue weighted by atomic mass is 16.3. The van der Waals surface area contributed by atoms with Gasteiger partial charge in [0.2, 0.25) is 0 Å². The summed E-state index contributed by atoms with van der Waals surface area (Å²) >= 11 is 0. The van der Waals surface area contributed by atoms with E-state index >= 15 is 0 Å². The summed E-state index contributed by atoms with van der Waals surface area (Å²) in [7, 11) is 0. The lowest BCUT2D eigenvalue weighted by Gasteiger charge is -2.26.